The number of hydrogen-bond donors (Lipinski definition) is 2. The Balaban J connectivity index is 1.87. The van der Waals surface area contributed by atoms with Gasteiger partial charge in [0.2, 0.25) is 5.78 Å². The van der Waals surface area contributed by atoms with E-state index in [2.05, 4.69) is 35.0 Å². The van der Waals surface area contributed by atoms with Gasteiger partial charge in [-0.25, -0.2) is 0 Å². The van der Waals surface area contributed by atoms with E-state index in [4.69, 9.17) is 4.74 Å². The third-order valence-electron chi connectivity index (χ3n) is 3.90. The van der Waals surface area contributed by atoms with Gasteiger partial charge >= 0.3 is 0 Å². The van der Waals surface area contributed by atoms with Crippen molar-refractivity contribution in [1.82, 2.24) is 10.6 Å². The summed E-state index contributed by atoms with van der Waals surface area (Å²) in [6, 6.07) is 0. The average molecular weight is 315 g/mol. The molecule has 1 heterocycles. The molecule has 1 saturated heterocycles. The number of allylic oxidation sites excluding steroid dienone is 4. The van der Waals surface area contributed by atoms with Crippen LogP contribution in [0.25, 0.3) is 0 Å². The number of hydrogen-bond acceptors (Lipinski definition) is 5. The molecule has 1 aliphatic carbocycles. The summed E-state index contributed by atoms with van der Waals surface area (Å²) < 4.78 is 5.32. The number of rotatable bonds is 8. The predicted molar refractivity (Wildman–Crippen MR) is 93.2 cm³/mol. The molecule has 0 amide bonds. The zero-order chi connectivity index (χ0) is 16.7. The average Bonchev–Trinajstić information content (AvgIpc) is 2.60. The molecule has 1 fully saturated rings. The van der Waals surface area contributed by atoms with E-state index in [1.807, 2.05) is 13.0 Å². The molecule has 0 atom stereocenters. The van der Waals surface area contributed by atoms with Gasteiger partial charge < -0.3 is 15.4 Å². The number of aliphatic imine (C=N–C) groups is 1. The van der Waals surface area contributed by atoms with Crippen molar-refractivity contribution < 1.29 is 9.53 Å². The Kier molecular flexibility index (Phi) is 6.35. The molecular formula is C18H25N3O2. The highest BCUT2D eigenvalue weighted by Crippen LogP contribution is 2.27. The van der Waals surface area contributed by atoms with Gasteiger partial charge in [0.05, 0.1) is 12.3 Å². The predicted octanol–water partition coefficient (Wildman–Crippen LogP) is 2.25. The van der Waals surface area contributed by atoms with Gasteiger partial charge in [0.15, 0.2) is 5.76 Å². The number of carbonyl (C=O) groups is 1. The highest BCUT2D eigenvalue weighted by atomic mass is 16.5. The fraction of sp³-hybridized carbons (Fsp3) is 0.444. The summed E-state index contributed by atoms with van der Waals surface area (Å²) in [5, 5.41) is 6.57. The Labute approximate surface area is 137 Å². The highest BCUT2D eigenvalue weighted by Gasteiger charge is 2.33. The number of nitrogens with zero attached hydrogens (tertiary/aromatic N) is 1. The van der Waals surface area contributed by atoms with Crippen molar-refractivity contribution in [1.29, 1.82) is 0 Å². The number of piperidine rings is 1. The lowest BCUT2D eigenvalue weighted by molar-refractivity contribution is -0.117. The van der Waals surface area contributed by atoms with Crippen molar-refractivity contribution in [3.63, 3.8) is 0 Å². The van der Waals surface area contributed by atoms with Gasteiger partial charge in [-0.15, -0.1) is 0 Å². The summed E-state index contributed by atoms with van der Waals surface area (Å²) in [6.45, 7) is 12.4. The molecule has 0 aromatic rings. The van der Waals surface area contributed by atoms with Crippen molar-refractivity contribution in [3.05, 3.63) is 47.0 Å². The summed E-state index contributed by atoms with van der Waals surface area (Å²) >= 11 is 0. The molecule has 2 aliphatic rings. The lowest BCUT2D eigenvalue weighted by atomic mass is 9.95. The SMILES string of the molecule is C=N/C(=C\C=C1\CCCNC1)CCNC1=C(OCC)C(=O)C1=C. The maximum atomic E-state index is 11.6. The zero-order valence-electron chi connectivity index (χ0n) is 13.8. The second-order valence-electron chi connectivity index (χ2n) is 5.54. The van der Waals surface area contributed by atoms with Gasteiger partial charge in [-0.1, -0.05) is 18.2 Å². The van der Waals surface area contributed by atoms with E-state index in [0.29, 0.717) is 24.5 Å². The molecule has 0 unspecified atom stereocenters. The number of ether oxygens (including phenoxy) is 1. The smallest absolute Gasteiger partial charge is 0.231 e. The summed E-state index contributed by atoms with van der Waals surface area (Å²) in [6.07, 6.45) is 7.20. The Bertz CT molecular complexity index is 577. The number of Topliss-reactive ketones (excluding diaryl/α,β-unsaturated/α-hetero) is 1. The molecule has 5 nitrogen and oxygen atoms in total. The Hall–Kier alpha value is -2.14. The Morgan fingerprint density at radius 2 is 2.35 bits per heavy atom. The normalized spacial score (nSPS) is 20.6. The highest BCUT2D eigenvalue weighted by molar-refractivity contribution is 6.17. The molecule has 23 heavy (non-hydrogen) atoms. The number of carbonyl (C=O) groups excluding carboxylic acids is 1. The van der Waals surface area contributed by atoms with Gasteiger partial charge in [0, 0.05) is 30.8 Å². The van der Waals surface area contributed by atoms with Gasteiger partial charge in [-0.2, -0.15) is 0 Å². The molecule has 0 aromatic carbocycles. The van der Waals surface area contributed by atoms with Crippen LogP contribution in [0.4, 0.5) is 0 Å². The lowest BCUT2D eigenvalue weighted by Gasteiger charge is -2.25. The van der Waals surface area contributed by atoms with Crippen LogP contribution in [-0.4, -0.2) is 38.7 Å². The minimum atomic E-state index is -0.110. The van der Waals surface area contributed by atoms with Gasteiger partial charge in [-0.3, -0.25) is 9.79 Å². The molecule has 5 heteroatoms. The van der Waals surface area contributed by atoms with Crippen LogP contribution in [0.5, 0.6) is 0 Å². The van der Waals surface area contributed by atoms with Crippen LogP contribution in [0.2, 0.25) is 0 Å². The summed E-state index contributed by atoms with van der Waals surface area (Å²) in [5.41, 5.74) is 3.52. The van der Waals surface area contributed by atoms with Crippen molar-refractivity contribution in [3.8, 4) is 0 Å². The molecule has 0 aromatic heterocycles. The summed E-state index contributed by atoms with van der Waals surface area (Å²) in [5.74, 6) is 0.284. The minimum absolute atomic E-state index is 0.110. The van der Waals surface area contributed by atoms with E-state index in [1.165, 1.54) is 12.0 Å². The molecular weight excluding hydrogens is 290 g/mol. The van der Waals surface area contributed by atoms with Crippen LogP contribution >= 0.6 is 0 Å². The van der Waals surface area contributed by atoms with Crippen LogP contribution in [-0.2, 0) is 9.53 Å². The van der Waals surface area contributed by atoms with E-state index in [1.54, 1.807) is 0 Å². The Morgan fingerprint density at radius 3 is 3.00 bits per heavy atom. The quantitative estimate of drug-likeness (QED) is 0.533. The summed E-state index contributed by atoms with van der Waals surface area (Å²) in [7, 11) is 0. The van der Waals surface area contributed by atoms with Crippen LogP contribution in [0, 0.1) is 0 Å². The monoisotopic (exact) mass is 315 g/mol. The van der Waals surface area contributed by atoms with Crippen molar-refractivity contribution in [2.75, 3.05) is 26.2 Å². The molecule has 0 radical (unpaired) electrons. The Morgan fingerprint density at radius 1 is 1.52 bits per heavy atom. The maximum absolute atomic E-state index is 11.6. The van der Waals surface area contributed by atoms with E-state index in [9.17, 15) is 4.79 Å². The maximum Gasteiger partial charge on any atom is 0.231 e. The molecule has 0 bridgehead atoms. The standard InChI is InChI=1S/C18H25N3O2/c1-4-23-18-16(13(2)17(18)22)21-11-9-15(19-3)8-7-14-6-5-10-20-12-14/h7-8,20-21H,2-6,9-12H2,1H3/b14-7-,15-8-. The fourth-order valence-electron chi connectivity index (χ4n) is 2.57. The van der Waals surface area contributed by atoms with Crippen LogP contribution in [0.3, 0.4) is 0 Å². The lowest BCUT2D eigenvalue weighted by Crippen LogP contribution is -2.33. The molecule has 2 rings (SSSR count). The van der Waals surface area contributed by atoms with Crippen LogP contribution in [0.1, 0.15) is 26.2 Å². The van der Waals surface area contributed by atoms with Gasteiger partial charge in [0.1, 0.15) is 0 Å². The first-order chi connectivity index (χ1) is 11.2. The zero-order valence-corrected chi connectivity index (χ0v) is 13.8. The largest absolute Gasteiger partial charge is 0.488 e. The molecule has 0 saturated carbocycles. The number of ketones is 1. The van der Waals surface area contributed by atoms with Gasteiger partial charge in [0.25, 0.3) is 0 Å². The van der Waals surface area contributed by atoms with Crippen molar-refractivity contribution in [2.45, 2.75) is 26.2 Å². The summed E-state index contributed by atoms with van der Waals surface area (Å²) in [4.78, 5) is 15.7. The third-order valence-corrected chi connectivity index (χ3v) is 3.90. The fourth-order valence-corrected chi connectivity index (χ4v) is 2.57. The molecule has 124 valence electrons. The number of nitrogens with one attached hydrogen (secondary N) is 2. The van der Waals surface area contributed by atoms with E-state index < -0.39 is 0 Å². The van der Waals surface area contributed by atoms with Gasteiger partial charge in [-0.05, 0) is 39.1 Å². The van der Waals surface area contributed by atoms with E-state index in [-0.39, 0.29) is 5.78 Å². The van der Waals surface area contributed by atoms with Crippen LogP contribution in [0.15, 0.2) is 52.0 Å². The van der Waals surface area contributed by atoms with Crippen molar-refractivity contribution in [2.24, 2.45) is 4.99 Å². The third kappa shape index (κ3) is 4.42. The van der Waals surface area contributed by atoms with Crippen molar-refractivity contribution >= 4 is 12.5 Å². The minimum Gasteiger partial charge on any atom is -0.488 e. The van der Waals surface area contributed by atoms with Crippen LogP contribution < -0.4 is 10.6 Å². The first-order valence-electron chi connectivity index (χ1n) is 8.08. The first kappa shape index (κ1) is 17.2. The molecule has 2 N–H and O–H groups in total. The van der Waals surface area contributed by atoms with E-state index >= 15 is 0 Å². The second kappa shape index (κ2) is 8.48. The second-order valence-corrected chi connectivity index (χ2v) is 5.54. The topological polar surface area (TPSA) is 62.7 Å². The molecule has 1 aliphatic heterocycles. The first-order valence-corrected chi connectivity index (χ1v) is 8.08. The molecule has 0 spiro atoms. The van der Waals surface area contributed by atoms with E-state index in [0.717, 1.165) is 37.3 Å².